The molecule has 0 spiro atoms. The number of rotatable bonds is 7. The molecule has 0 saturated carbocycles. The minimum Gasteiger partial charge on any atom is -0.493 e. The quantitative estimate of drug-likeness (QED) is 0.372. The van der Waals surface area contributed by atoms with Gasteiger partial charge < -0.3 is 13.9 Å². The van der Waals surface area contributed by atoms with Crippen molar-refractivity contribution in [2.45, 2.75) is 0 Å². The van der Waals surface area contributed by atoms with Crippen molar-refractivity contribution in [2.24, 2.45) is 5.10 Å². The van der Waals surface area contributed by atoms with E-state index in [1.807, 2.05) is 0 Å². The first kappa shape index (κ1) is 18.9. The SMILES string of the molecule is COc1cc(Br)cc(Br)c1OCC(=O)N/N=C\c1ccc([N+](=O)[O-])o1. The van der Waals surface area contributed by atoms with Gasteiger partial charge in [-0.25, -0.2) is 5.43 Å². The average molecular weight is 477 g/mol. The van der Waals surface area contributed by atoms with Gasteiger partial charge in [0.05, 0.1) is 23.9 Å². The van der Waals surface area contributed by atoms with Crippen LogP contribution in [0.5, 0.6) is 11.5 Å². The van der Waals surface area contributed by atoms with E-state index in [4.69, 9.17) is 13.9 Å². The van der Waals surface area contributed by atoms with E-state index in [9.17, 15) is 14.9 Å². The number of nitrogens with zero attached hydrogens (tertiary/aromatic N) is 2. The Bertz CT molecular complexity index is 821. The van der Waals surface area contributed by atoms with E-state index in [-0.39, 0.29) is 12.4 Å². The number of carbonyl (C=O) groups is 1. The second kappa shape index (κ2) is 8.62. The number of ether oxygens (including phenoxy) is 2. The maximum atomic E-state index is 11.7. The molecule has 132 valence electrons. The summed E-state index contributed by atoms with van der Waals surface area (Å²) < 4.78 is 16.9. The van der Waals surface area contributed by atoms with Gasteiger partial charge in [0, 0.05) is 4.47 Å². The van der Waals surface area contributed by atoms with Crippen LogP contribution in [0, 0.1) is 10.1 Å². The van der Waals surface area contributed by atoms with E-state index in [0.717, 1.165) is 10.7 Å². The maximum absolute atomic E-state index is 11.7. The van der Waals surface area contributed by atoms with Crippen LogP contribution in [-0.4, -0.2) is 30.8 Å². The average Bonchev–Trinajstić information content (AvgIpc) is 3.02. The largest absolute Gasteiger partial charge is 0.493 e. The lowest BCUT2D eigenvalue weighted by atomic mass is 10.3. The monoisotopic (exact) mass is 475 g/mol. The highest BCUT2D eigenvalue weighted by Gasteiger charge is 2.13. The van der Waals surface area contributed by atoms with Crippen molar-refractivity contribution in [3.05, 3.63) is 49.1 Å². The number of nitrogens with one attached hydrogen (secondary N) is 1. The van der Waals surface area contributed by atoms with Gasteiger partial charge in [-0.15, -0.1) is 0 Å². The molecule has 2 aromatic rings. The summed E-state index contributed by atoms with van der Waals surface area (Å²) in [5.41, 5.74) is 2.22. The number of furan rings is 1. The van der Waals surface area contributed by atoms with Gasteiger partial charge >= 0.3 is 5.88 Å². The van der Waals surface area contributed by atoms with Crippen LogP contribution in [0.25, 0.3) is 0 Å². The number of hydrogen-bond donors (Lipinski definition) is 1. The van der Waals surface area contributed by atoms with E-state index in [2.05, 4.69) is 42.4 Å². The molecule has 0 aliphatic heterocycles. The highest BCUT2D eigenvalue weighted by Crippen LogP contribution is 2.38. The molecule has 0 bridgehead atoms. The summed E-state index contributed by atoms with van der Waals surface area (Å²) in [7, 11) is 1.48. The molecule has 0 atom stereocenters. The third-order valence-corrected chi connectivity index (χ3v) is 3.76. The molecule has 2 rings (SSSR count). The number of carbonyl (C=O) groups excluding carboxylic acids is 1. The third-order valence-electron chi connectivity index (χ3n) is 2.72. The Morgan fingerprint density at radius 3 is 2.84 bits per heavy atom. The Kier molecular flexibility index (Phi) is 6.53. The molecule has 0 fully saturated rings. The molecule has 0 radical (unpaired) electrons. The predicted molar refractivity (Wildman–Crippen MR) is 95.0 cm³/mol. The predicted octanol–water partition coefficient (Wildman–Crippen LogP) is 3.25. The molecule has 0 saturated heterocycles. The van der Waals surface area contributed by atoms with E-state index < -0.39 is 16.7 Å². The lowest BCUT2D eigenvalue weighted by molar-refractivity contribution is -0.402. The standard InChI is InChI=1S/C14H11Br2N3O6/c1-23-11-5-8(15)4-10(16)14(11)24-7-12(20)18-17-6-9-2-3-13(25-9)19(21)22/h2-6H,7H2,1H3,(H,18,20)/b17-6-. The number of benzene rings is 1. The van der Waals surface area contributed by atoms with Gasteiger partial charge in [-0.2, -0.15) is 5.10 Å². The van der Waals surface area contributed by atoms with Crippen LogP contribution < -0.4 is 14.9 Å². The second-order valence-corrected chi connectivity index (χ2v) is 6.20. The van der Waals surface area contributed by atoms with Crippen molar-refractivity contribution in [1.82, 2.24) is 5.43 Å². The number of halogens is 2. The molecule has 11 heteroatoms. The third kappa shape index (κ3) is 5.29. The van der Waals surface area contributed by atoms with Gasteiger partial charge in [-0.05, 0) is 34.1 Å². The second-order valence-electron chi connectivity index (χ2n) is 4.43. The molecule has 0 aliphatic rings. The summed E-state index contributed by atoms with van der Waals surface area (Å²) in [5, 5.41) is 14.1. The summed E-state index contributed by atoms with van der Waals surface area (Å²) in [6.45, 7) is -0.313. The summed E-state index contributed by atoms with van der Waals surface area (Å²) in [5.74, 6) is -0.00496. The molecule has 1 aromatic carbocycles. The Hall–Kier alpha value is -2.40. The van der Waals surface area contributed by atoms with Crippen molar-refractivity contribution in [2.75, 3.05) is 13.7 Å². The van der Waals surface area contributed by atoms with E-state index in [1.165, 1.54) is 19.2 Å². The fourth-order valence-corrected chi connectivity index (χ4v) is 2.98. The van der Waals surface area contributed by atoms with Gasteiger partial charge in [0.1, 0.15) is 4.92 Å². The smallest absolute Gasteiger partial charge is 0.433 e. The van der Waals surface area contributed by atoms with Crippen LogP contribution in [0.3, 0.4) is 0 Å². The molecule has 9 nitrogen and oxygen atoms in total. The van der Waals surface area contributed by atoms with Crippen LogP contribution >= 0.6 is 31.9 Å². The minimum absolute atomic E-state index is 0.130. The van der Waals surface area contributed by atoms with Crippen molar-refractivity contribution in [3.63, 3.8) is 0 Å². The topological polar surface area (TPSA) is 116 Å². The first-order valence-corrected chi connectivity index (χ1v) is 8.21. The summed E-state index contributed by atoms with van der Waals surface area (Å²) in [6.07, 6.45) is 1.14. The van der Waals surface area contributed by atoms with Gasteiger partial charge in [0.15, 0.2) is 23.9 Å². The highest BCUT2D eigenvalue weighted by molar-refractivity contribution is 9.11. The lowest BCUT2D eigenvalue weighted by Gasteiger charge is -2.12. The van der Waals surface area contributed by atoms with Gasteiger partial charge in [0.2, 0.25) is 0 Å². The van der Waals surface area contributed by atoms with Gasteiger partial charge in [-0.1, -0.05) is 15.9 Å². The molecular weight excluding hydrogens is 466 g/mol. The summed E-state index contributed by atoms with van der Waals surface area (Å²) >= 11 is 6.64. The Labute approximate surface area is 158 Å². The molecule has 1 N–H and O–H groups in total. The minimum atomic E-state index is -0.673. The molecular formula is C14H11Br2N3O6. The number of methoxy groups -OCH3 is 1. The molecule has 1 amide bonds. The van der Waals surface area contributed by atoms with E-state index in [1.54, 1.807) is 12.1 Å². The van der Waals surface area contributed by atoms with E-state index in [0.29, 0.717) is 16.0 Å². The van der Waals surface area contributed by atoms with Crippen molar-refractivity contribution in [3.8, 4) is 11.5 Å². The van der Waals surface area contributed by atoms with Crippen molar-refractivity contribution < 1.29 is 23.6 Å². The van der Waals surface area contributed by atoms with Crippen LogP contribution in [0.1, 0.15) is 5.76 Å². The number of amides is 1. The number of hydrogen-bond acceptors (Lipinski definition) is 7. The summed E-state index contributed by atoms with van der Waals surface area (Å²) in [4.78, 5) is 21.6. The highest BCUT2D eigenvalue weighted by atomic mass is 79.9. The fraction of sp³-hybridized carbons (Fsp3) is 0.143. The van der Waals surface area contributed by atoms with Crippen LogP contribution in [0.15, 0.2) is 42.7 Å². The van der Waals surface area contributed by atoms with Crippen molar-refractivity contribution in [1.29, 1.82) is 0 Å². The van der Waals surface area contributed by atoms with Crippen LogP contribution in [0.2, 0.25) is 0 Å². The van der Waals surface area contributed by atoms with Gasteiger partial charge in [-0.3, -0.25) is 14.9 Å². The number of hydrazone groups is 1. The fourth-order valence-electron chi connectivity index (χ4n) is 1.68. The zero-order valence-corrected chi connectivity index (χ0v) is 15.9. The summed E-state index contributed by atoms with van der Waals surface area (Å²) in [6, 6.07) is 5.98. The molecule has 25 heavy (non-hydrogen) atoms. The number of nitro groups is 1. The van der Waals surface area contributed by atoms with E-state index >= 15 is 0 Å². The molecule has 1 aromatic heterocycles. The van der Waals surface area contributed by atoms with Crippen LogP contribution in [-0.2, 0) is 4.79 Å². The maximum Gasteiger partial charge on any atom is 0.433 e. The molecule has 0 unspecified atom stereocenters. The zero-order chi connectivity index (χ0) is 18.4. The lowest BCUT2D eigenvalue weighted by Crippen LogP contribution is -2.24. The molecule has 1 heterocycles. The normalized spacial score (nSPS) is 10.7. The van der Waals surface area contributed by atoms with Crippen LogP contribution in [0.4, 0.5) is 5.88 Å². The van der Waals surface area contributed by atoms with Gasteiger partial charge in [0.25, 0.3) is 5.91 Å². The Morgan fingerprint density at radius 1 is 1.44 bits per heavy atom. The molecule has 0 aliphatic carbocycles. The van der Waals surface area contributed by atoms with Crippen molar-refractivity contribution >= 4 is 49.9 Å². The zero-order valence-electron chi connectivity index (χ0n) is 12.7. The first-order valence-electron chi connectivity index (χ1n) is 6.62. The first-order chi connectivity index (χ1) is 11.9. The Balaban J connectivity index is 1.90. The Morgan fingerprint density at radius 2 is 2.20 bits per heavy atom.